The van der Waals surface area contributed by atoms with Gasteiger partial charge in [-0.05, 0) is 36.2 Å². The number of nitrogens with zero attached hydrogens (tertiary/aromatic N) is 2. The smallest absolute Gasteiger partial charge is 0.0896 e. The van der Waals surface area contributed by atoms with E-state index in [-0.39, 0.29) is 0 Å². The number of unbranched alkanes of at least 4 members (excludes halogenated alkanes) is 2. The molecule has 1 heterocycles. The Morgan fingerprint density at radius 2 is 2.06 bits per heavy atom. The fourth-order valence-electron chi connectivity index (χ4n) is 1.63. The maximum Gasteiger partial charge on any atom is 0.0896 e. The molecule has 0 bridgehead atoms. The lowest BCUT2D eigenvalue weighted by molar-refractivity contribution is 0.111. The SMILES string of the molecule is CCCCCOCc1c(Br)c(C)nn1CC. The van der Waals surface area contributed by atoms with E-state index in [1.54, 1.807) is 0 Å². The van der Waals surface area contributed by atoms with Crippen molar-refractivity contribution < 1.29 is 4.74 Å². The lowest BCUT2D eigenvalue weighted by Crippen LogP contribution is -2.05. The maximum atomic E-state index is 5.67. The summed E-state index contributed by atoms with van der Waals surface area (Å²) >= 11 is 3.56. The number of aromatic nitrogens is 2. The van der Waals surface area contributed by atoms with E-state index in [2.05, 4.69) is 34.9 Å². The average molecular weight is 289 g/mol. The van der Waals surface area contributed by atoms with Gasteiger partial charge in [0, 0.05) is 13.2 Å². The van der Waals surface area contributed by atoms with Gasteiger partial charge in [-0.3, -0.25) is 4.68 Å². The summed E-state index contributed by atoms with van der Waals surface area (Å²) < 4.78 is 8.75. The highest BCUT2D eigenvalue weighted by atomic mass is 79.9. The van der Waals surface area contributed by atoms with Crippen LogP contribution in [0.2, 0.25) is 0 Å². The largest absolute Gasteiger partial charge is 0.375 e. The lowest BCUT2D eigenvalue weighted by Gasteiger charge is -2.06. The van der Waals surface area contributed by atoms with Crippen molar-refractivity contribution in [2.45, 2.75) is 53.2 Å². The minimum Gasteiger partial charge on any atom is -0.375 e. The molecule has 1 aromatic heterocycles. The molecule has 0 atom stereocenters. The van der Waals surface area contributed by atoms with Gasteiger partial charge in [-0.1, -0.05) is 19.8 Å². The van der Waals surface area contributed by atoms with Crippen molar-refractivity contribution in [2.24, 2.45) is 0 Å². The average Bonchev–Trinajstić information content (AvgIpc) is 2.56. The Hall–Kier alpha value is -0.350. The van der Waals surface area contributed by atoms with Crippen LogP contribution >= 0.6 is 15.9 Å². The number of hydrogen-bond acceptors (Lipinski definition) is 2. The molecule has 0 saturated carbocycles. The fraction of sp³-hybridized carbons (Fsp3) is 0.750. The molecule has 0 aliphatic heterocycles. The minimum absolute atomic E-state index is 0.652. The van der Waals surface area contributed by atoms with Crippen LogP contribution in [0.15, 0.2) is 4.47 Å². The molecule has 4 heteroatoms. The molecule has 0 unspecified atom stereocenters. The van der Waals surface area contributed by atoms with Gasteiger partial charge in [0.25, 0.3) is 0 Å². The molecular weight excluding hydrogens is 268 g/mol. The monoisotopic (exact) mass is 288 g/mol. The molecule has 16 heavy (non-hydrogen) atoms. The van der Waals surface area contributed by atoms with Gasteiger partial charge >= 0.3 is 0 Å². The summed E-state index contributed by atoms with van der Waals surface area (Å²) in [6, 6.07) is 0. The van der Waals surface area contributed by atoms with Crippen LogP contribution in [-0.4, -0.2) is 16.4 Å². The van der Waals surface area contributed by atoms with Gasteiger partial charge in [0.2, 0.25) is 0 Å². The summed E-state index contributed by atoms with van der Waals surface area (Å²) in [5, 5.41) is 4.43. The summed E-state index contributed by atoms with van der Waals surface area (Å²) in [4.78, 5) is 0. The van der Waals surface area contributed by atoms with Crippen LogP contribution in [0.4, 0.5) is 0 Å². The van der Waals surface area contributed by atoms with E-state index in [0.717, 1.165) is 35.4 Å². The predicted molar refractivity (Wildman–Crippen MR) is 69.5 cm³/mol. The van der Waals surface area contributed by atoms with Gasteiger partial charge in [-0.15, -0.1) is 0 Å². The Labute approximate surface area is 106 Å². The van der Waals surface area contributed by atoms with Gasteiger partial charge in [0.05, 0.1) is 22.5 Å². The van der Waals surface area contributed by atoms with E-state index in [1.165, 1.54) is 12.8 Å². The number of aryl methyl sites for hydroxylation is 2. The highest BCUT2D eigenvalue weighted by Crippen LogP contribution is 2.21. The standard InChI is InChI=1S/C12H21BrN2O/c1-4-6-7-8-16-9-11-12(13)10(3)14-15(11)5-2/h4-9H2,1-3H3. The van der Waals surface area contributed by atoms with Crippen LogP contribution in [-0.2, 0) is 17.9 Å². The molecule has 0 radical (unpaired) electrons. The molecule has 92 valence electrons. The summed E-state index contributed by atoms with van der Waals surface area (Å²) in [6.45, 7) is 8.69. The van der Waals surface area contributed by atoms with Crippen molar-refractivity contribution >= 4 is 15.9 Å². The van der Waals surface area contributed by atoms with E-state index in [9.17, 15) is 0 Å². The third-order valence-electron chi connectivity index (χ3n) is 2.58. The normalized spacial score (nSPS) is 11.0. The van der Waals surface area contributed by atoms with Crippen LogP contribution in [0, 0.1) is 6.92 Å². The van der Waals surface area contributed by atoms with Crippen LogP contribution in [0.5, 0.6) is 0 Å². The molecular formula is C12H21BrN2O. The zero-order chi connectivity index (χ0) is 12.0. The van der Waals surface area contributed by atoms with E-state index in [4.69, 9.17) is 4.74 Å². The molecule has 1 rings (SSSR count). The topological polar surface area (TPSA) is 27.1 Å². The van der Waals surface area contributed by atoms with Crippen LogP contribution in [0.3, 0.4) is 0 Å². The van der Waals surface area contributed by atoms with E-state index >= 15 is 0 Å². The Morgan fingerprint density at radius 1 is 1.31 bits per heavy atom. The second kappa shape index (κ2) is 7.07. The van der Waals surface area contributed by atoms with E-state index in [0.29, 0.717) is 6.61 Å². The predicted octanol–water partition coefficient (Wildman–Crippen LogP) is 3.68. The second-order valence-electron chi connectivity index (χ2n) is 3.92. The van der Waals surface area contributed by atoms with Crippen LogP contribution < -0.4 is 0 Å². The van der Waals surface area contributed by atoms with Crippen LogP contribution in [0.1, 0.15) is 44.5 Å². The number of ether oxygens (including phenoxy) is 1. The molecule has 0 aliphatic rings. The Bertz CT molecular complexity index is 323. The Balaban J connectivity index is 2.46. The van der Waals surface area contributed by atoms with Crippen molar-refractivity contribution in [1.29, 1.82) is 0 Å². The second-order valence-corrected chi connectivity index (χ2v) is 4.71. The summed E-state index contributed by atoms with van der Waals surface area (Å²) in [7, 11) is 0. The molecule has 0 N–H and O–H groups in total. The van der Waals surface area contributed by atoms with Gasteiger partial charge in [-0.25, -0.2) is 0 Å². The van der Waals surface area contributed by atoms with Crippen molar-refractivity contribution in [3.05, 3.63) is 15.9 Å². The molecule has 0 aliphatic carbocycles. The molecule has 0 fully saturated rings. The highest BCUT2D eigenvalue weighted by molar-refractivity contribution is 9.10. The quantitative estimate of drug-likeness (QED) is 0.716. The summed E-state index contributed by atoms with van der Waals surface area (Å²) in [6.07, 6.45) is 3.62. The number of halogens is 1. The third-order valence-corrected chi connectivity index (χ3v) is 3.62. The van der Waals surface area contributed by atoms with E-state index < -0.39 is 0 Å². The first-order valence-corrected chi connectivity index (χ1v) is 6.79. The van der Waals surface area contributed by atoms with Gasteiger partial charge < -0.3 is 4.74 Å². The molecule has 0 spiro atoms. The van der Waals surface area contributed by atoms with Gasteiger partial charge in [-0.2, -0.15) is 5.10 Å². The molecule has 0 aromatic carbocycles. The highest BCUT2D eigenvalue weighted by Gasteiger charge is 2.11. The zero-order valence-electron chi connectivity index (χ0n) is 10.4. The summed E-state index contributed by atoms with van der Waals surface area (Å²) in [5.41, 5.74) is 2.19. The minimum atomic E-state index is 0.652. The first-order valence-electron chi connectivity index (χ1n) is 6.00. The van der Waals surface area contributed by atoms with Crippen molar-refractivity contribution in [3.63, 3.8) is 0 Å². The Morgan fingerprint density at radius 3 is 2.69 bits per heavy atom. The summed E-state index contributed by atoms with van der Waals surface area (Å²) in [5.74, 6) is 0. The molecule has 0 amide bonds. The van der Waals surface area contributed by atoms with Gasteiger partial charge in [0.1, 0.15) is 0 Å². The van der Waals surface area contributed by atoms with E-state index in [1.807, 2.05) is 11.6 Å². The van der Waals surface area contributed by atoms with Crippen molar-refractivity contribution in [3.8, 4) is 0 Å². The molecule has 3 nitrogen and oxygen atoms in total. The third kappa shape index (κ3) is 3.59. The maximum absolute atomic E-state index is 5.67. The lowest BCUT2D eigenvalue weighted by atomic mass is 10.3. The van der Waals surface area contributed by atoms with Crippen molar-refractivity contribution in [2.75, 3.05) is 6.61 Å². The number of rotatable bonds is 7. The van der Waals surface area contributed by atoms with Crippen molar-refractivity contribution in [1.82, 2.24) is 9.78 Å². The molecule has 1 aromatic rings. The molecule has 0 saturated heterocycles. The zero-order valence-corrected chi connectivity index (χ0v) is 12.0. The first-order chi connectivity index (χ1) is 7.70. The fourth-order valence-corrected chi connectivity index (χ4v) is 2.03. The van der Waals surface area contributed by atoms with Gasteiger partial charge in [0.15, 0.2) is 0 Å². The first kappa shape index (κ1) is 13.7. The van der Waals surface area contributed by atoms with Crippen LogP contribution in [0.25, 0.3) is 0 Å². The number of hydrogen-bond donors (Lipinski definition) is 0. The Kier molecular flexibility index (Phi) is 6.06.